The fourth-order valence-corrected chi connectivity index (χ4v) is 2.78. The number of carbonyl (C=O) groups is 2. The minimum Gasteiger partial charge on any atom is -0.482 e. The summed E-state index contributed by atoms with van der Waals surface area (Å²) in [5, 5.41) is 14.0. The normalized spacial score (nSPS) is 12.9. The van der Waals surface area contributed by atoms with Gasteiger partial charge in [0.05, 0.1) is 12.0 Å². The Balaban J connectivity index is 2.42. The van der Waals surface area contributed by atoms with Gasteiger partial charge in [-0.2, -0.15) is 0 Å². The smallest absolute Gasteiger partial charge is 0.408 e. The van der Waals surface area contributed by atoms with Gasteiger partial charge in [0.1, 0.15) is 12.2 Å². The first-order valence-electron chi connectivity index (χ1n) is 9.51. The highest BCUT2D eigenvalue weighted by atomic mass is 16.6. The van der Waals surface area contributed by atoms with Crippen LogP contribution in [0.25, 0.3) is 0 Å². The van der Waals surface area contributed by atoms with Crippen molar-refractivity contribution in [1.82, 2.24) is 5.32 Å². The number of esters is 1. The van der Waals surface area contributed by atoms with Crippen molar-refractivity contribution in [1.29, 1.82) is 0 Å². The molecule has 2 aromatic carbocycles. The van der Waals surface area contributed by atoms with E-state index in [4.69, 9.17) is 14.2 Å². The quantitative estimate of drug-likeness (QED) is 0.399. The number of alkyl carbamates (subject to hydrolysis) is 1. The van der Waals surface area contributed by atoms with Gasteiger partial charge in [0.2, 0.25) is 0 Å². The van der Waals surface area contributed by atoms with Crippen LogP contribution in [0.4, 0.5) is 10.5 Å². The van der Waals surface area contributed by atoms with Crippen LogP contribution < -0.4 is 10.1 Å². The number of nitrogens with zero attached hydrogens (tertiary/aromatic N) is 1. The second-order valence-corrected chi connectivity index (χ2v) is 7.96. The fraction of sp³-hybridized carbons (Fsp3) is 0.364. The topological polar surface area (TPSA) is 117 Å². The van der Waals surface area contributed by atoms with Crippen LogP contribution in [0.2, 0.25) is 0 Å². The Morgan fingerprint density at radius 1 is 1.06 bits per heavy atom. The van der Waals surface area contributed by atoms with Gasteiger partial charge in [-0.25, -0.2) is 9.59 Å². The van der Waals surface area contributed by atoms with Gasteiger partial charge in [0, 0.05) is 6.07 Å². The SMILES string of the molecule is COC(=O)C(C)(NC(=O)OC(C)(C)C)c1ccc([N+](=O)[O-])c(OCc2ccccc2)c1. The Bertz CT molecular complexity index is 954. The fourth-order valence-electron chi connectivity index (χ4n) is 2.78. The number of rotatable bonds is 7. The largest absolute Gasteiger partial charge is 0.482 e. The summed E-state index contributed by atoms with van der Waals surface area (Å²) in [6.07, 6.45) is -0.842. The molecular weight excluding hydrogens is 404 g/mol. The molecule has 2 aromatic rings. The lowest BCUT2D eigenvalue weighted by Gasteiger charge is -2.30. The highest BCUT2D eigenvalue weighted by Crippen LogP contribution is 2.34. The van der Waals surface area contributed by atoms with Gasteiger partial charge in [-0.05, 0) is 51.0 Å². The minimum atomic E-state index is -1.67. The van der Waals surface area contributed by atoms with Crippen LogP contribution in [0.5, 0.6) is 5.75 Å². The molecule has 0 heterocycles. The van der Waals surface area contributed by atoms with Crippen molar-refractivity contribution in [2.75, 3.05) is 7.11 Å². The van der Waals surface area contributed by atoms with Gasteiger partial charge in [0.15, 0.2) is 11.3 Å². The number of nitrogens with one attached hydrogen (secondary N) is 1. The third-order valence-electron chi connectivity index (χ3n) is 4.32. The zero-order valence-corrected chi connectivity index (χ0v) is 18.1. The summed E-state index contributed by atoms with van der Waals surface area (Å²) >= 11 is 0. The maximum atomic E-state index is 12.6. The van der Waals surface area contributed by atoms with Crippen LogP contribution >= 0.6 is 0 Å². The lowest BCUT2D eigenvalue weighted by atomic mass is 9.91. The summed E-state index contributed by atoms with van der Waals surface area (Å²) in [6, 6.07) is 13.0. The highest BCUT2D eigenvalue weighted by Gasteiger charge is 2.40. The van der Waals surface area contributed by atoms with Crippen molar-refractivity contribution >= 4 is 17.7 Å². The molecule has 31 heavy (non-hydrogen) atoms. The second kappa shape index (κ2) is 9.46. The van der Waals surface area contributed by atoms with Crippen LogP contribution in [0, 0.1) is 10.1 Å². The standard InChI is InChI=1S/C22H26N2O7/c1-21(2,3)31-20(26)23-22(4,19(25)29-5)16-11-12-17(24(27)28)18(13-16)30-14-15-9-7-6-8-10-15/h6-13H,14H2,1-5H3,(H,23,26). The lowest BCUT2D eigenvalue weighted by molar-refractivity contribution is -0.386. The van der Waals surface area contributed by atoms with Crippen molar-refractivity contribution in [3.05, 3.63) is 69.8 Å². The van der Waals surface area contributed by atoms with E-state index in [1.165, 1.54) is 32.2 Å². The van der Waals surface area contributed by atoms with E-state index in [1.807, 2.05) is 30.3 Å². The number of amides is 1. The molecule has 9 heteroatoms. The Hall–Kier alpha value is -3.62. The number of benzene rings is 2. The first-order valence-corrected chi connectivity index (χ1v) is 9.51. The number of ether oxygens (including phenoxy) is 3. The molecule has 0 aromatic heterocycles. The number of carbonyl (C=O) groups excluding carboxylic acids is 2. The molecule has 0 saturated heterocycles. The molecule has 0 aliphatic heterocycles. The lowest BCUT2D eigenvalue weighted by Crippen LogP contribution is -2.51. The average molecular weight is 430 g/mol. The number of hydrogen-bond acceptors (Lipinski definition) is 7. The van der Waals surface area contributed by atoms with Crippen LogP contribution in [0.15, 0.2) is 48.5 Å². The van der Waals surface area contributed by atoms with E-state index in [-0.39, 0.29) is 23.6 Å². The Morgan fingerprint density at radius 2 is 1.71 bits per heavy atom. The average Bonchev–Trinajstić information content (AvgIpc) is 2.70. The minimum absolute atomic E-state index is 0.0486. The highest BCUT2D eigenvalue weighted by molar-refractivity contribution is 5.87. The predicted molar refractivity (Wildman–Crippen MR) is 113 cm³/mol. The molecule has 1 atom stereocenters. The molecule has 0 aliphatic carbocycles. The third kappa shape index (κ3) is 6.18. The van der Waals surface area contributed by atoms with Crippen LogP contribution in [-0.4, -0.2) is 29.7 Å². The third-order valence-corrected chi connectivity index (χ3v) is 4.32. The maximum absolute atomic E-state index is 12.6. The van der Waals surface area contributed by atoms with Crippen LogP contribution in [0.1, 0.15) is 38.8 Å². The van der Waals surface area contributed by atoms with E-state index in [0.717, 1.165) is 5.56 Å². The van der Waals surface area contributed by atoms with Crippen molar-refractivity contribution in [3.8, 4) is 5.75 Å². The molecule has 166 valence electrons. The van der Waals surface area contributed by atoms with Gasteiger partial charge >= 0.3 is 17.7 Å². The first kappa shape index (κ1) is 23.7. The summed E-state index contributed by atoms with van der Waals surface area (Å²) in [4.78, 5) is 35.8. The van der Waals surface area contributed by atoms with Crippen molar-refractivity contribution < 1.29 is 28.7 Å². The van der Waals surface area contributed by atoms with Crippen LogP contribution in [-0.2, 0) is 26.4 Å². The van der Waals surface area contributed by atoms with E-state index in [0.29, 0.717) is 0 Å². The molecule has 0 radical (unpaired) electrons. The number of nitro benzene ring substituents is 1. The zero-order valence-electron chi connectivity index (χ0n) is 18.1. The number of hydrogen-bond donors (Lipinski definition) is 1. The molecule has 1 unspecified atom stereocenters. The summed E-state index contributed by atoms with van der Waals surface area (Å²) in [5.41, 5.74) is -1.69. The molecule has 0 fully saturated rings. The Morgan fingerprint density at radius 3 is 2.26 bits per heavy atom. The van der Waals surface area contributed by atoms with Gasteiger partial charge in [-0.3, -0.25) is 10.1 Å². The molecule has 0 spiro atoms. The number of methoxy groups -OCH3 is 1. The van der Waals surface area contributed by atoms with Gasteiger partial charge in [0.25, 0.3) is 0 Å². The summed E-state index contributed by atoms with van der Waals surface area (Å²) < 4.78 is 15.8. The Kier molecular flexibility index (Phi) is 7.22. The molecule has 1 amide bonds. The molecule has 2 rings (SSSR count). The monoisotopic (exact) mass is 430 g/mol. The van der Waals surface area contributed by atoms with Gasteiger partial charge in [-0.15, -0.1) is 0 Å². The molecular formula is C22H26N2O7. The van der Waals surface area contributed by atoms with Gasteiger partial charge < -0.3 is 19.5 Å². The van der Waals surface area contributed by atoms with E-state index < -0.39 is 28.1 Å². The van der Waals surface area contributed by atoms with Crippen molar-refractivity contribution in [2.45, 2.75) is 45.4 Å². The van der Waals surface area contributed by atoms with E-state index in [1.54, 1.807) is 20.8 Å². The molecule has 0 bridgehead atoms. The summed E-state index contributed by atoms with van der Waals surface area (Å²) in [5.74, 6) is -0.825. The zero-order chi connectivity index (χ0) is 23.2. The Labute approximate surface area is 180 Å². The maximum Gasteiger partial charge on any atom is 0.408 e. The van der Waals surface area contributed by atoms with Crippen LogP contribution in [0.3, 0.4) is 0 Å². The summed E-state index contributed by atoms with van der Waals surface area (Å²) in [7, 11) is 1.18. The molecule has 0 aliphatic rings. The van der Waals surface area contributed by atoms with E-state index in [9.17, 15) is 19.7 Å². The van der Waals surface area contributed by atoms with Crippen molar-refractivity contribution in [3.63, 3.8) is 0 Å². The molecule has 0 saturated carbocycles. The molecule has 9 nitrogen and oxygen atoms in total. The van der Waals surface area contributed by atoms with Crippen molar-refractivity contribution in [2.24, 2.45) is 0 Å². The van der Waals surface area contributed by atoms with E-state index >= 15 is 0 Å². The molecule has 1 N–H and O–H groups in total. The second-order valence-electron chi connectivity index (χ2n) is 7.96. The first-order chi connectivity index (χ1) is 14.5. The van der Waals surface area contributed by atoms with Gasteiger partial charge in [-0.1, -0.05) is 30.3 Å². The number of nitro groups is 1. The predicted octanol–water partition coefficient (Wildman–Crippen LogP) is 4.09. The van der Waals surface area contributed by atoms with E-state index in [2.05, 4.69) is 5.32 Å². The summed E-state index contributed by atoms with van der Waals surface area (Å²) in [6.45, 7) is 6.56.